The number of thiazole rings is 1. The molecule has 0 aliphatic carbocycles. The summed E-state index contributed by atoms with van der Waals surface area (Å²) < 4.78 is 30.2. The monoisotopic (exact) mass is 468 g/mol. The first-order valence-electron chi connectivity index (χ1n) is 10.9. The van der Waals surface area contributed by atoms with Crippen molar-refractivity contribution in [3.05, 3.63) is 76.6 Å². The number of nitrogens with zero attached hydrogens (tertiary/aromatic N) is 4. The third-order valence-corrected chi connectivity index (χ3v) is 6.60. The average Bonchev–Trinajstić information content (AvgIpc) is 3.31. The maximum atomic E-state index is 14.3. The fraction of sp³-hybridized carbons (Fsp3) is 0.320. The lowest BCUT2D eigenvalue weighted by molar-refractivity contribution is -0.118. The van der Waals surface area contributed by atoms with E-state index in [1.807, 2.05) is 48.9 Å². The van der Waals surface area contributed by atoms with Gasteiger partial charge in [0.15, 0.2) is 10.9 Å². The van der Waals surface area contributed by atoms with Gasteiger partial charge in [0, 0.05) is 18.3 Å². The predicted molar refractivity (Wildman–Crippen MR) is 128 cm³/mol. The minimum Gasteiger partial charge on any atom is -0.286 e. The van der Waals surface area contributed by atoms with Gasteiger partial charge in [0.25, 0.3) is 0 Å². The molecule has 0 fully saturated rings. The lowest BCUT2D eigenvalue weighted by Gasteiger charge is -2.20. The van der Waals surface area contributed by atoms with Gasteiger partial charge in [0.05, 0.1) is 23.4 Å². The Bertz CT molecular complexity index is 1290. The van der Waals surface area contributed by atoms with Gasteiger partial charge in [-0.1, -0.05) is 49.4 Å². The summed E-state index contributed by atoms with van der Waals surface area (Å²) in [5, 5.41) is 4.81. The molecule has 2 aromatic carbocycles. The van der Waals surface area contributed by atoms with Gasteiger partial charge in [0.1, 0.15) is 11.3 Å². The Kier molecular flexibility index (Phi) is 6.56. The fourth-order valence-electron chi connectivity index (χ4n) is 3.77. The highest BCUT2D eigenvalue weighted by Crippen LogP contribution is 2.31. The summed E-state index contributed by atoms with van der Waals surface area (Å²) in [6.45, 7) is 8.89. The van der Waals surface area contributed by atoms with Crippen LogP contribution < -0.4 is 4.90 Å². The summed E-state index contributed by atoms with van der Waals surface area (Å²) in [6.07, 6.45) is 0.183. The summed E-state index contributed by atoms with van der Waals surface area (Å²) in [7, 11) is 0. The Hall–Kier alpha value is -3.13. The number of halogens is 2. The number of aromatic nitrogens is 3. The zero-order valence-electron chi connectivity index (χ0n) is 19.1. The molecule has 4 rings (SSSR count). The van der Waals surface area contributed by atoms with Crippen LogP contribution in [0.3, 0.4) is 0 Å². The van der Waals surface area contributed by atoms with E-state index in [0.717, 1.165) is 34.4 Å². The zero-order chi connectivity index (χ0) is 23.7. The van der Waals surface area contributed by atoms with E-state index in [4.69, 9.17) is 0 Å². The van der Waals surface area contributed by atoms with E-state index in [9.17, 15) is 13.6 Å². The first-order valence-corrected chi connectivity index (χ1v) is 11.7. The number of aryl methyl sites for hydroxylation is 2. The van der Waals surface area contributed by atoms with Crippen LogP contribution in [0.5, 0.6) is 0 Å². The fourth-order valence-corrected chi connectivity index (χ4v) is 4.82. The number of hydrogen-bond donors (Lipinski definition) is 0. The van der Waals surface area contributed by atoms with Gasteiger partial charge in [-0.15, -0.1) is 0 Å². The van der Waals surface area contributed by atoms with Crippen molar-refractivity contribution < 1.29 is 13.6 Å². The Labute approximate surface area is 195 Å². The summed E-state index contributed by atoms with van der Waals surface area (Å²) >= 11 is 1.11. The van der Waals surface area contributed by atoms with E-state index in [2.05, 4.69) is 23.9 Å². The molecule has 0 bridgehead atoms. The third kappa shape index (κ3) is 5.11. The smallest absolute Gasteiger partial charge is 0.233 e. The van der Waals surface area contributed by atoms with E-state index in [-0.39, 0.29) is 17.8 Å². The van der Waals surface area contributed by atoms with Crippen LogP contribution in [0.25, 0.3) is 10.2 Å². The number of rotatable bonds is 7. The summed E-state index contributed by atoms with van der Waals surface area (Å²) in [5.74, 6) is -1.15. The van der Waals surface area contributed by atoms with Gasteiger partial charge in [-0.05, 0) is 43.0 Å². The SMILES string of the molecule is Cc1cc(C)n(CCN(C(=O)Cc2ccc(C(C)C)cc2)c2nc3c(F)cc(F)cc3s2)n1. The van der Waals surface area contributed by atoms with Crippen molar-refractivity contribution in [3.8, 4) is 0 Å². The van der Waals surface area contributed by atoms with Gasteiger partial charge < -0.3 is 0 Å². The second kappa shape index (κ2) is 9.39. The second-order valence-electron chi connectivity index (χ2n) is 8.50. The first-order chi connectivity index (χ1) is 15.7. The molecule has 5 nitrogen and oxygen atoms in total. The molecule has 2 heterocycles. The topological polar surface area (TPSA) is 51.0 Å². The number of carbonyl (C=O) groups excluding carboxylic acids is 1. The molecular formula is C25H26F2N4OS. The number of anilines is 1. The molecule has 0 aliphatic rings. The molecule has 0 N–H and O–H groups in total. The maximum Gasteiger partial charge on any atom is 0.233 e. The first kappa shape index (κ1) is 23.0. The Morgan fingerprint density at radius 3 is 2.48 bits per heavy atom. The standard InChI is InChI=1S/C25H26F2N4OS/c1-15(2)19-7-5-18(6-8-19)12-23(32)30(9-10-31-17(4)11-16(3)29-31)25-28-24-21(27)13-20(26)14-22(24)33-25/h5-8,11,13-15H,9-10,12H2,1-4H3. The van der Waals surface area contributed by atoms with Crippen LogP contribution in [0.2, 0.25) is 0 Å². The van der Waals surface area contributed by atoms with Gasteiger partial charge in [-0.25, -0.2) is 13.8 Å². The van der Waals surface area contributed by atoms with E-state index in [1.165, 1.54) is 11.6 Å². The van der Waals surface area contributed by atoms with Crippen LogP contribution in [0, 0.1) is 25.5 Å². The third-order valence-electron chi connectivity index (χ3n) is 5.57. The van der Waals surface area contributed by atoms with Gasteiger partial charge in [-0.3, -0.25) is 14.4 Å². The van der Waals surface area contributed by atoms with Crippen molar-refractivity contribution in [3.63, 3.8) is 0 Å². The predicted octanol–water partition coefficient (Wildman–Crippen LogP) is 5.79. The Morgan fingerprint density at radius 1 is 1.12 bits per heavy atom. The molecule has 2 aromatic heterocycles. The normalized spacial score (nSPS) is 11.5. The zero-order valence-corrected chi connectivity index (χ0v) is 19.9. The van der Waals surface area contributed by atoms with Crippen molar-refractivity contribution in [1.82, 2.24) is 14.8 Å². The molecule has 172 valence electrons. The number of benzene rings is 2. The number of amides is 1. The number of fused-ring (bicyclic) bond motifs is 1. The van der Waals surface area contributed by atoms with Crippen molar-refractivity contribution >= 4 is 32.6 Å². The van der Waals surface area contributed by atoms with Crippen LogP contribution in [0.15, 0.2) is 42.5 Å². The lowest BCUT2D eigenvalue weighted by Crippen LogP contribution is -2.35. The number of carbonyl (C=O) groups is 1. The minimum absolute atomic E-state index is 0.0709. The molecule has 4 aromatic rings. The minimum atomic E-state index is -0.734. The molecule has 0 atom stereocenters. The van der Waals surface area contributed by atoms with Gasteiger partial charge in [-0.2, -0.15) is 5.10 Å². The second-order valence-corrected chi connectivity index (χ2v) is 9.51. The molecular weight excluding hydrogens is 442 g/mol. The van der Waals surface area contributed by atoms with Gasteiger partial charge in [0.2, 0.25) is 5.91 Å². The average molecular weight is 469 g/mol. The highest BCUT2D eigenvalue weighted by Gasteiger charge is 2.22. The van der Waals surface area contributed by atoms with E-state index in [1.54, 1.807) is 4.90 Å². The van der Waals surface area contributed by atoms with Crippen molar-refractivity contribution in [2.24, 2.45) is 0 Å². The van der Waals surface area contributed by atoms with E-state index in [0.29, 0.717) is 28.8 Å². The van der Waals surface area contributed by atoms with Crippen molar-refractivity contribution in [2.45, 2.75) is 46.6 Å². The molecule has 1 amide bonds. The molecule has 8 heteroatoms. The van der Waals surface area contributed by atoms with Crippen molar-refractivity contribution in [2.75, 3.05) is 11.4 Å². The molecule has 0 unspecified atom stereocenters. The Balaban J connectivity index is 1.63. The molecule has 0 radical (unpaired) electrons. The van der Waals surface area contributed by atoms with Crippen LogP contribution in [0.4, 0.5) is 13.9 Å². The lowest BCUT2D eigenvalue weighted by atomic mass is 10.0. The molecule has 0 saturated carbocycles. The largest absolute Gasteiger partial charge is 0.286 e. The maximum absolute atomic E-state index is 14.3. The van der Waals surface area contributed by atoms with Crippen LogP contribution in [0.1, 0.15) is 42.3 Å². The summed E-state index contributed by atoms with van der Waals surface area (Å²) in [6, 6.07) is 12.0. The highest BCUT2D eigenvalue weighted by atomic mass is 32.1. The van der Waals surface area contributed by atoms with E-state index >= 15 is 0 Å². The van der Waals surface area contributed by atoms with Gasteiger partial charge >= 0.3 is 0 Å². The molecule has 0 spiro atoms. The quantitative estimate of drug-likeness (QED) is 0.345. The Morgan fingerprint density at radius 2 is 1.85 bits per heavy atom. The van der Waals surface area contributed by atoms with E-state index < -0.39 is 11.6 Å². The molecule has 0 saturated heterocycles. The van der Waals surface area contributed by atoms with Crippen LogP contribution in [-0.2, 0) is 17.8 Å². The molecule has 33 heavy (non-hydrogen) atoms. The van der Waals surface area contributed by atoms with Crippen LogP contribution >= 0.6 is 11.3 Å². The van der Waals surface area contributed by atoms with Crippen molar-refractivity contribution in [1.29, 1.82) is 0 Å². The highest BCUT2D eigenvalue weighted by molar-refractivity contribution is 7.22. The van der Waals surface area contributed by atoms with Crippen LogP contribution in [-0.4, -0.2) is 27.2 Å². The summed E-state index contributed by atoms with van der Waals surface area (Å²) in [4.78, 5) is 19.3. The summed E-state index contributed by atoms with van der Waals surface area (Å²) in [5.41, 5.74) is 4.05. The number of hydrogen-bond acceptors (Lipinski definition) is 4. The molecule has 0 aliphatic heterocycles.